The summed E-state index contributed by atoms with van der Waals surface area (Å²) in [6, 6.07) is 11.1. The zero-order chi connectivity index (χ0) is 26.4. The first-order chi connectivity index (χ1) is 17.1. The zero-order valence-corrected chi connectivity index (χ0v) is 21.1. The molecule has 1 atom stereocenters. The molecule has 1 unspecified atom stereocenters. The number of ether oxygens (including phenoxy) is 2. The van der Waals surface area contributed by atoms with Crippen molar-refractivity contribution in [2.24, 2.45) is 5.73 Å². The Labute approximate surface area is 211 Å². The van der Waals surface area contributed by atoms with Gasteiger partial charge in [0.15, 0.2) is 6.61 Å². The molecule has 2 aromatic rings. The van der Waals surface area contributed by atoms with Gasteiger partial charge in [0.05, 0.1) is 18.2 Å². The molecule has 1 aliphatic heterocycles. The summed E-state index contributed by atoms with van der Waals surface area (Å²) in [6.45, 7) is 5.01. The van der Waals surface area contributed by atoms with Gasteiger partial charge in [-0.3, -0.25) is 14.4 Å². The van der Waals surface area contributed by atoms with Crippen LogP contribution in [-0.4, -0.2) is 72.9 Å². The Balaban J connectivity index is 2.04. The highest BCUT2D eigenvalue weighted by Gasteiger charge is 2.45. The van der Waals surface area contributed by atoms with E-state index in [4.69, 9.17) is 15.2 Å². The maximum absolute atomic E-state index is 13.2. The Bertz CT molecular complexity index is 1160. The van der Waals surface area contributed by atoms with E-state index in [1.165, 1.54) is 4.90 Å². The molecule has 1 fully saturated rings. The Morgan fingerprint density at radius 3 is 2.39 bits per heavy atom. The van der Waals surface area contributed by atoms with Crippen LogP contribution in [0.2, 0.25) is 0 Å². The fraction of sp³-hybridized carbons (Fsp3) is 0.370. The molecule has 0 radical (unpaired) electrons. The molecule has 2 amide bonds. The first kappa shape index (κ1) is 26.7. The first-order valence-corrected chi connectivity index (χ1v) is 11.8. The van der Waals surface area contributed by atoms with Gasteiger partial charge in [-0.2, -0.15) is 0 Å². The smallest absolute Gasteiger partial charge is 0.295 e. The molecule has 192 valence electrons. The second-order valence-corrected chi connectivity index (χ2v) is 8.95. The van der Waals surface area contributed by atoms with Gasteiger partial charge in [-0.25, -0.2) is 0 Å². The average molecular weight is 496 g/mol. The van der Waals surface area contributed by atoms with E-state index in [1.807, 2.05) is 32.8 Å². The van der Waals surface area contributed by atoms with Crippen molar-refractivity contribution >= 4 is 23.4 Å². The van der Waals surface area contributed by atoms with Gasteiger partial charge in [0.25, 0.3) is 17.6 Å². The molecule has 1 aliphatic rings. The van der Waals surface area contributed by atoms with Crippen LogP contribution >= 0.6 is 0 Å². The molecule has 3 N–H and O–H groups in total. The van der Waals surface area contributed by atoms with Crippen molar-refractivity contribution in [3.8, 4) is 11.5 Å². The van der Waals surface area contributed by atoms with Crippen molar-refractivity contribution in [2.45, 2.75) is 26.3 Å². The lowest BCUT2D eigenvalue weighted by molar-refractivity contribution is -0.140. The SMILES string of the molecule is CCCOc1ccc(/C(O)=C2\C(=O)C(=O)N(CCN(C)C)C2c2ccc(OCC(N)=O)cc2)cc1C. The molecule has 0 aliphatic carbocycles. The molecule has 3 rings (SSSR count). The lowest BCUT2D eigenvalue weighted by Gasteiger charge is -2.26. The van der Waals surface area contributed by atoms with Crippen LogP contribution in [0.5, 0.6) is 11.5 Å². The highest BCUT2D eigenvalue weighted by atomic mass is 16.5. The molecule has 0 aromatic heterocycles. The number of aryl methyl sites for hydroxylation is 1. The van der Waals surface area contributed by atoms with Crippen LogP contribution < -0.4 is 15.2 Å². The number of carbonyl (C=O) groups excluding carboxylic acids is 3. The lowest BCUT2D eigenvalue weighted by atomic mass is 9.94. The topological polar surface area (TPSA) is 122 Å². The summed E-state index contributed by atoms with van der Waals surface area (Å²) in [5, 5.41) is 11.3. The predicted octanol–water partition coefficient (Wildman–Crippen LogP) is 2.63. The number of primary amides is 1. The molecule has 0 spiro atoms. The van der Waals surface area contributed by atoms with Crippen LogP contribution in [0.25, 0.3) is 5.76 Å². The number of amides is 2. The van der Waals surface area contributed by atoms with Gasteiger partial charge in [0, 0.05) is 18.7 Å². The van der Waals surface area contributed by atoms with E-state index in [2.05, 4.69) is 0 Å². The van der Waals surface area contributed by atoms with Gasteiger partial charge in [-0.15, -0.1) is 0 Å². The largest absolute Gasteiger partial charge is 0.507 e. The Kier molecular flexibility index (Phi) is 8.71. The fourth-order valence-electron chi connectivity index (χ4n) is 3.99. The van der Waals surface area contributed by atoms with Crippen molar-refractivity contribution in [2.75, 3.05) is 40.4 Å². The van der Waals surface area contributed by atoms with Crippen LogP contribution in [0.3, 0.4) is 0 Å². The monoisotopic (exact) mass is 495 g/mol. The minimum Gasteiger partial charge on any atom is -0.507 e. The van der Waals surface area contributed by atoms with Gasteiger partial charge in [0.1, 0.15) is 17.3 Å². The molecule has 1 heterocycles. The molecule has 1 saturated heterocycles. The van der Waals surface area contributed by atoms with Crippen LogP contribution in [0.15, 0.2) is 48.0 Å². The molecule has 0 saturated carbocycles. The maximum Gasteiger partial charge on any atom is 0.295 e. The number of Topliss-reactive ketones (excluding diaryl/α,β-unsaturated/α-hetero) is 1. The number of likely N-dealkylation sites (N-methyl/N-ethyl adjacent to an activating group) is 1. The van der Waals surface area contributed by atoms with E-state index in [1.54, 1.807) is 42.5 Å². The standard InChI is InChI=1S/C27H33N3O6/c1-5-14-35-21-11-8-19(15-17(21)2)25(32)23-24(30(13-12-29(3)4)27(34)26(23)33)18-6-9-20(10-7-18)36-16-22(28)31/h6-11,15,24,32H,5,12-14,16H2,1-4H3,(H2,28,31)/b25-23+. The Hall–Kier alpha value is -3.85. The molecule has 0 bridgehead atoms. The summed E-state index contributed by atoms with van der Waals surface area (Å²) < 4.78 is 11.0. The van der Waals surface area contributed by atoms with Crippen molar-refractivity contribution in [1.82, 2.24) is 9.80 Å². The molecule has 9 nitrogen and oxygen atoms in total. The summed E-state index contributed by atoms with van der Waals surface area (Å²) in [7, 11) is 3.75. The summed E-state index contributed by atoms with van der Waals surface area (Å²) >= 11 is 0. The van der Waals surface area contributed by atoms with Crippen molar-refractivity contribution in [3.63, 3.8) is 0 Å². The minimum absolute atomic E-state index is 0.0196. The van der Waals surface area contributed by atoms with E-state index in [0.29, 0.717) is 42.3 Å². The van der Waals surface area contributed by atoms with E-state index < -0.39 is 23.6 Å². The number of likely N-dealkylation sites (tertiary alicyclic amines) is 1. The highest BCUT2D eigenvalue weighted by Crippen LogP contribution is 2.40. The Morgan fingerprint density at radius 2 is 1.81 bits per heavy atom. The van der Waals surface area contributed by atoms with Gasteiger partial charge in [-0.1, -0.05) is 19.1 Å². The molecular formula is C27H33N3O6. The second kappa shape index (κ2) is 11.7. The van der Waals surface area contributed by atoms with Gasteiger partial charge in [0.2, 0.25) is 0 Å². The number of rotatable bonds is 11. The second-order valence-electron chi connectivity index (χ2n) is 8.95. The number of hydrogen-bond acceptors (Lipinski definition) is 7. The number of nitrogens with zero attached hydrogens (tertiary/aromatic N) is 2. The number of carbonyl (C=O) groups is 3. The molecule has 2 aromatic carbocycles. The van der Waals surface area contributed by atoms with Crippen molar-refractivity contribution in [3.05, 3.63) is 64.7 Å². The van der Waals surface area contributed by atoms with Crippen LogP contribution in [-0.2, 0) is 14.4 Å². The predicted molar refractivity (Wildman–Crippen MR) is 136 cm³/mol. The third kappa shape index (κ3) is 6.04. The summed E-state index contributed by atoms with van der Waals surface area (Å²) in [5.41, 5.74) is 7.01. The van der Waals surface area contributed by atoms with E-state index >= 15 is 0 Å². The highest BCUT2D eigenvalue weighted by molar-refractivity contribution is 6.46. The number of nitrogens with two attached hydrogens (primary N) is 1. The summed E-state index contributed by atoms with van der Waals surface area (Å²) in [6.07, 6.45) is 0.865. The summed E-state index contributed by atoms with van der Waals surface area (Å²) in [4.78, 5) is 40.6. The number of hydrogen-bond donors (Lipinski definition) is 2. The molecule has 9 heteroatoms. The molecule has 36 heavy (non-hydrogen) atoms. The first-order valence-electron chi connectivity index (χ1n) is 11.8. The quantitative estimate of drug-likeness (QED) is 0.279. The van der Waals surface area contributed by atoms with E-state index in [-0.39, 0.29) is 17.9 Å². The third-order valence-corrected chi connectivity index (χ3v) is 5.82. The summed E-state index contributed by atoms with van der Waals surface area (Å²) in [5.74, 6) is -1.14. The normalized spacial score (nSPS) is 17.0. The fourth-order valence-corrected chi connectivity index (χ4v) is 3.99. The van der Waals surface area contributed by atoms with Crippen molar-refractivity contribution < 1.29 is 29.0 Å². The Morgan fingerprint density at radius 1 is 1.11 bits per heavy atom. The number of ketones is 1. The van der Waals surface area contributed by atoms with Crippen LogP contribution in [0.1, 0.15) is 36.1 Å². The lowest BCUT2D eigenvalue weighted by Crippen LogP contribution is -2.35. The van der Waals surface area contributed by atoms with Crippen LogP contribution in [0.4, 0.5) is 0 Å². The number of benzene rings is 2. The number of aliphatic hydroxyl groups excluding tert-OH is 1. The maximum atomic E-state index is 13.2. The number of aliphatic hydroxyl groups is 1. The van der Waals surface area contributed by atoms with E-state index in [0.717, 1.165) is 12.0 Å². The minimum atomic E-state index is -0.786. The van der Waals surface area contributed by atoms with Crippen molar-refractivity contribution in [1.29, 1.82) is 0 Å². The third-order valence-electron chi connectivity index (χ3n) is 5.82. The molecular weight excluding hydrogens is 462 g/mol. The average Bonchev–Trinajstić information content (AvgIpc) is 3.10. The van der Waals surface area contributed by atoms with Gasteiger partial charge in [-0.05, 0) is 68.9 Å². The van der Waals surface area contributed by atoms with Crippen LogP contribution in [0, 0.1) is 6.92 Å². The zero-order valence-electron chi connectivity index (χ0n) is 21.1. The van der Waals surface area contributed by atoms with Gasteiger partial charge < -0.3 is 30.1 Å². The van der Waals surface area contributed by atoms with Gasteiger partial charge >= 0.3 is 0 Å². The van der Waals surface area contributed by atoms with E-state index in [9.17, 15) is 19.5 Å².